The second-order valence-corrected chi connectivity index (χ2v) is 10.4. The Morgan fingerprint density at radius 1 is 1.03 bits per heavy atom. The number of sulfonamides is 1. The minimum absolute atomic E-state index is 0.00252. The Kier molecular flexibility index (Phi) is 6.43. The van der Waals surface area contributed by atoms with Crippen molar-refractivity contribution < 1.29 is 27.1 Å². The van der Waals surface area contributed by atoms with Gasteiger partial charge in [-0.15, -0.1) is 10.2 Å². The van der Waals surface area contributed by atoms with E-state index in [4.69, 9.17) is 13.9 Å². The van der Waals surface area contributed by atoms with E-state index in [1.165, 1.54) is 36.7 Å². The van der Waals surface area contributed by atoms with Gasteiger partial charge in [-0.05, 0) is 55.5 Å². The molecule has 5 rings (SSSR count). The van der Waals surface area contributed by atoms with E-state index >= 15 is 0 Å². The summed E-state index contributed by atoms with van der Waals surface area (Å²) < 4.78 is 43.6. The number of nitrogens with one attached hydrogen (secondary N) is 2. The lowest BCUT2D eigenvalue weighted by Gasteiger charge is -2.11. The molecule has 0 fully saturated rings. The quantitative estimate of drug-likeness (QED) is 0.325. The number of aromatic nitrogens is 4. The first-order valence-corrected chi connectivity index (χ1v) is 12.8. The van der Waals surface area contributed by atoms with Gasteiger partial charge in [0.25, 0.3) is 15.2 Å². The minimum atomic E-state index is -3.87. The van der Waals surface area contributed by atoms with Crippen LogP contribution in [0.4, 0.5) is 11.6 Å². The Hall–Kier alpha value is -4.17. The molecule has 3 heterocycles. The molecule has 14 heteroatoms. The zero-order chi connectivity index (χ0) is 25.1. The van der Waals surface area contributed by atoms with Gasteiger partial charge in [-0.3, -0.25) is 4.79 Å². The van der Waals surface area contributed by atoms with E-state index in [1.54, 1.807) is 31.2 Å². The summed E-state index contributed by atoms with van der Waals surface area (Å²) in [6.45, 7) is 1.85. The van der Waals surface area contributed by atoms with Crippen LogP contribution >= 0.6 is 11.8 Å². The normalized spacial score (nSPS) is 13.2. The maximum Gasteiger partial charge on any atom is 0.277 e. The maximum absolute atomic E-state index is 12.6. The largest absolute Gasteiger partial charge is 0.454 e. The Morgan fingerprint density at radius 2 is 1.78 bits per heavy atom. The van der Waals surface area contributed by atoms with Gasteiger partial charge in [0, 0.05) is 23.6 Å². The first kappa shape index (κ1) is 23.6. The third-order valence-corrected chi connectivity index (χ3v) is 7.17. The maximum atomic E-state index is 12.6. The molecule has 2 aromatic carbocycles. The molecular formula is C22H18N6O6S2. The third kappa shape index (κ3) is 5.23. The molecule has 1 aliphatic rings. The predicted octanol–water partition coefficient (Wildman–Crippen LogP) is 3.18. The van der Waals surface area contributed by atoms with E-state index in [-0.39, 0.29) is 34.7 Å². The SMILES string of the molecule is CC(Sc1nnc(-c2ccc3c(c2)OCO3)o1)C(=O)Nc1ccc(S(=O)(=O)Nc2ncccn2)cc1. The van der Waals surface area contributed by atoms with Crippen LogP contribution < -0.4 is 19.5 Å². The van der Waals surface area contributed by atoms with Crippen LogP contribution in [0.3, 0.4) is 0 Å². The summed E-state index contributed by atoms with van der Waals surface area (Å²) in [5.41, 5.74) is 1.09. The number of nitrogens with zero attached hydrogens (tertiary/aromatic N) is 4. The van der Waals surface area contributed by atoms with Gasteiger partial charge in [0.1, 0.15) is 0 Å². The average Bonchev–Trinajstić information content (AvgIpc) is 3.54. The number of thioether (sulfide) groups is 1. The van der Waals surface area contributed by atoms with Crippen LogP contribution in [0.15, 0.2) is 75.5 Å². The monoisotopic (exact) mass is 526 g/mol. The molecule has 1 aliphatic heterocycles. The Bertz CT molecular complexity index is 1500. The summed E-state index contributed by atoms with van der Waals surface area (Å²) in [4.78, 5) is 20.3. The van der Waals surface area contributed by atoms with Crippen molar-refractivity contribution in [2.24, 2.45) is 0 Å². The summed E-state index contributed by atoms with van der Waals surface area (Å²) in [7, 11) is -3.87. The molecule has 1 amide bonds. The molecule has 36 heavy (non-hydrogen) atoms. The van der Waals surface area contributed by atoms with Crippen LogP contribution in [0.2, 0.25) is 0 Å². The summed E-state index contributed by atoms with van der Waals surface area (Å²) in [6.07, 6.45) is 2.85. The fraction of sp³-hybridized carbons (Fsp3) is 0.136. The van der Waals surface area contributed by atoms with Gasteiger partial charge in [0.15, 0.2) is 11.5 Å². The highest BCUT2D eigenvalue weighted by Gasteiger charge is 2.21. The molecular weight excluding hydrogens is 508 g/mol. The second-order valence-electron chi connectivity index (χ2n) is 7.39. The van der Waals surface area contributed by atoms with Crippen LogP contribution in [-0.4, -0.2) is 46.5 Å². The Morgan fingerprint density at radius 3 is 2.56 bits per heavy atom. The predicted molar refractivity (Wildman–Crippen MR) is 129 cm³/mol. The lowest BCUT2D eigenvalue weighted by atomic mass is 10.2. The lowest BCUT2D eigenvalue weighted by molar-refractivity contribution is -0.115. The van der Waals surface area contributed by atoms with Crippen molar-refractivity contribution in [1.82, 2.24) is 20.2 Å². The molecule has 0 saturated heterocycles. The number of anilines is 2. The van der Waals surface area contributed by atoms with E-state index in [9.17, 15) is 13.2 Å². The van der Waals surface area contributed by atoms with Crippen molar-refractivity contribution >= 4 is 39.3 Å². The van der Waals surface area contributed by atoms with Crippen molar-refractivity contribution in [3.63, 3.8) is 0 Å². The van der Waals surface area contributed by atoms with E-state index < -0.39 is 15.3 Å². The number of carbonyl (C=O) groups is 1. The number of ether oxygens (including phenoxy) is 2. The summed E-state index contributed by atoms with van der Waals surface area (Å²) in [5, 5.41) is 10.4. The number of fused-ring (bicyclic) bond motifs is 1. The number of rotatable bonds is 8. The van der Waals surface area contributed by atoms with Crippen LogP contribution in [0.5, 0.6) is 11.5 Å². The van der Waals surface area contributed by atoms with Gasteiger partial charge < -0.3 is 19.2 Å². The average molecular weight is 527 g/mol. The van der Waals surface area contributed by atoms with Gasteiger partial charge in [-0.2, -0.15) is 0 Å². The zero-order valence-corrected chi connectivity index (χ0v) is 20.2. The first-order valence-electron chi connectivity index (χ1n) is 10.5. The van der Waals surface area contributed by atoms with E-state index in [1.807, 2.05) is 0 Å². The molecule has 0 aliphatic carbocycles. The molecule has 0 saturated carbocycles. The fourth-order valence-electron chi connectivity index (χ4n) is 3.10. The van der Waals surface area contributed by atoms with Crippen molar-refractivity contribution in [3.8, 4) is 23.0 Å². The number of benzene rings is 2. The van der Waals surface area contributed by atoms with Crippen molar-refractivity contribution in [3.05, 3.63) is 60.9 Å². The fourth-order valence-corrected chi connectivity index (χ4v) is 4.74. The highest BCUT2D eigenvalue weighted by Crippen LogP contribution is 2.36. The van der Waals surface area contributed by atoms with Crippen LogP contribution in [0.25, 0.3) is 11.5 Å². The number of hydrogen-bond donors (Lipinski definition) is 2. The van der Waals surface area contributed by atoms with Gasteiger partial charge in [0.05, 0.1) is 10.1 Å². The van der Waals surface area contributed by atoms with Crippen molar-refractivity contribution in [1.29, 1.82) is 0 Å². The first-order chi connectivity index (χ1) is 17.4. The van der Waals surface area contributed by atoms with Crippen LogP contribution in [0, 0.1) is 0 Å². The second kappa shape index (κ2) is 9.83. The molecule has 0 bridgehead atoms. The van der Waals surface area contributed by atoms with Crippen molar-refractivity contribution in [2.75, 3.05) is 16.8 Å². The lowest BCUT2D eigenvalue weighted by Crippen LogP contribution is -2.22. The van der Waals surface area contributed by atoms with E-state index in [0.29, 0.717) is 22.7 Å². The molecule has 0 radical (unpaired) electrons. The van der Waals surface area contributed by atoms with Crippen molar-refractivity contribution in [2.45, 2.75) is 22.3 Å². The number of amides is 1. The van der Waals surface area contributed by atoms with Gasteiger partial charge in [0.2, 0.25) is 24.5 Å². The highest BCUT2D eigenvalue weighted by molar-refractivity contribution is 8.00. The van der Waals surface area contributed by atoms with Crippen LogP contribution in [-0.2, 0) is 14.8 Å². The summed E-state index contributed by atoms with van der Waals surface area (Å²) in [5.74, 6) is 1.16. The molecule has 1 atom stereocenters. The smallest absolute Gasteiger partial charge is 0.277 e. The summed E-state index contributed by atoms with van der Waals surface area (Å²) in [6, 6.07) is 12.6. The van der Waals surface area contributed by atoms with E-state index in [0.717, 1.165) is 11.8 Å². The van der Waals surface area contributed by atoms with E-state index in [2.05, 4.69) is 30.2 Å². The highest BCUT2D eigenvalue weighted by atomic mass is 32.2. The van der Waals surface area contributed by atoms with Gasteiger partial charge >= 0.3 is 0 Å². The Balaban J connectivity index is 1.19. The van der Waals surface area contributed by atoms with Gasteiger partial charge in [-0.25, -0.2) is 23.1 Å². The molecule has 184 valence electrons. The molecule has 0 spiro atoms. The molecule has 1 unspecified atom stereocenters. The topological polar surface area (TPSA) is 158 Å². The standard InChI is InChI=1S/C22H18N6O6S2/c1-13(35-22-27-26-20(34-22)14-3-8-17-18(11-14)33-12-32-17)19(29)25-15-4-6-16(7-5-15)36(30,31)28-21-23-9-2-10-24-21/h2-11,13H,12H2,1H3,(H,25,29)(H,23,24,28). The summed E-state index contributed by atoms with van der Waals surface area (Å²) >= 11 is 1.09. The third-order valence-electron chi connectivity index (χ3n) is 4.90. The molecule has 12 nitrogen and oxygen atoms in total. The molecule has 2 aromatic heterocycles. The number of carbonyl (C=O) groups excluding carboxylic acids is 1. The van der Waals surface area contributed by atoms with Crippen LogP contribution in [0.1, 0.15) is 6.92 Å². The minimum Gasteiger partial charge on any atom is -0.454 e. The molecule has 2 N–H and O–H groups in total. The zero-order valence-electron chi connectivity index (χ0n) is 18.6. The molecule has 4 aromatic rings. The van der Waals surface area contributed by atoms with Gasteiger partial charge in [-0.1, -0.05) is 11.8 Å². The number of hydrogen-bond acceptors (Lipinski definition) is 11. The Labute approximate surface area is 209 Å².